The van der Waals surface area contributed by atoms with Crippen LogP contribution >= 0.6 is 11.3 Å². The Kier molecular flexibility index (Phi) is 3.79. The predicted molar refractivity (Wildman–Crippen MR) is 73.7 cm³/mol. The monoisotopic (exact) mass is 247 g/mol. The van der Waals surface area contributed by atoms with Crippen LogP contribution in [0.25, 0.3) is 10.1 Å². The third-order valence-electron chi connectivity index (χ3n) is 2.97. The van der Waals surface area contributed by atoms with Gasteiger partial charge in [0.05, 0.1) is 4.88 Å². The third-order valence-corrected chi connectivity index (χ3v) is 4.08. The summed E-state index contributed by atoms with van der Waals surface area (Å²) in [5.41, 5.74) is 0. The van der Waals surface area contributed by atoms with E-state index >= 15 is 0 Å². The average Bonchev–Trinajstić information content (AvgIpc) is 2.79. The lowest BCUT2D eigenvalue weighted by molar-refractivity contribution is 0.0939. The van der Waals surface area contributed by atoms with E-state index in [0.717, 1.165) is 23.1 Å². The lowest BCUT2D eigenvalue weighted by Gasteiger charge is -2.13. The van der Waals surface area contributed by atoms with E-state index in [1.165, 1.54) is 4.70 Å². The molecule has 90 valence electrons. The molecule has 2 rings (SSSR count). The minimum absolute atomic E-state index is 0.0555. The van der Waals surface area contributed by atoms with Gasteiger partial charge in [-0.15, -0.1) is 11.3 Å². The van der Waals surface area contributed by atoms with Crippen molar-refractivity contribution in [3.05, 3.63) is 35.2 Å². The van der Waals surface area contributed by atoms with Gasteiger partial charge in [-0.3, -0.25) is 4.79 Å². The van der Waals surface area contributed by atoms with Crippen LogP contribution in [0.3, 0.4) is 0 Å². The summed E-state index contributed by atoms with van der Waals surface area (Å²) in [6.07, 6.45) is 1.96. The zero-order valence-corrected chi connectivity index (χ0v) is 11.0. The van der Waals surface area contributed by atoms with Crippen LogP contribution in [0.5, 0.6) is 0 Å². The first-order valence-corrected chi connectivity index (χ1v) is 6.85. The van der Waals surface area contributed by atoms with Gasteiger partial charge in [0.2, 0.25) is 0 Å². The molecular formula is C14H17NOS. The summed E-state index contributed by atoms with van der Waals surface area (Å²) in [6, 6.07) is 10.3. The molecule has 0 spiro atoms. The molecule has 0 saturated heterocycles. The Balaban J connectivity index is 2.19. The van der Waals surface area contributed by atoms with E-state index in [2.05, 4.69) is 19.2 Å². The van der Waals surface area contributed by atoms with E-state index in [-0.39, 0.29) is 11.9 Å². The third kappa shape index (κ3) is 2.67. The maximum absolute atomic E-state index is 12.0. The maximum atomic E-state index is 12.0. The van der Waals surface area contributed by atoms with Crippen LogP contribution in [-0.2, 0) is 0 Å². The first kappa shape index (κ1) is 12.1. The lowest BCUT2D eigenvalue weighted by Crippen LogP contribution is -2.33. The molecule has 0 unspecified atom stereocenters. The highest BCUT2D eigenvalue weighted by Crippen LogP contribution is 2.25. The standard InChI is InChI=1S/C14H17NOS/c1-3-11(4-2)15-14(16)13-9-10-7-5-6-8-12(10)17-13/h5-9,11H,3-4H2,1-2H3,(H,15,16). The number of carbonyl (C=O) groups is 1. The van der Waals surface area contributed by atoms with Crippen molar-refractivity contribution < 1.29 is 4.79 Å². The zero-order chi connectivity index (χ0) is 12.3. The summed E-state index contributed by atoms with van der Waals surface area (Å²) < 4.78 is 1.17. The summed E-state index contributed by atoms with van der Waals surface area (Å²) in [6.45, 7) is 4.19. The van der Waals surface area contributed by atoms with Crippen LogP contribution < -0.4 is 5.32 Å². The molecule has 1 heterocycles. The molecule has 1 aromatic carbocycles. The van der Waals surface area contributed by atoms with E-state index in [9.17, 15) is 4.79 Å². The quantitative estimate of drug-likeness (QED) is 0.874. The van der Waals surface area contributed by atoms with E-state index in [1.54, 1.807) is 11.3 Å². The Hall–Kier alpha value is -1.35. The minimum atomic E-state index is 0.0555. The van der Waals surface area contributed by atoms with Gasteiger partial charge >= 0.3 is 0 Å². The largest absolute Gasteiger partial charge is 0.349 e. The van der Waals surface area contributed by atoms with Gasteiger partial charge in [0.25, 0.3) is 5.91 Å². The fraction of sp³-hybridized carbons (Fsp3) is 0.357. The molecule has 2 nitrogen and oxygen atoms in total. The fourth-order valence-corrected chi connectivity index (χ4v) is 2.81. The number of amides is 1. The van der Waals surface area contributed by atoms with E-state index < -0.39 is 0 Å². The predicted octanol–water partition coefficient (Wildman–Crippen LogP) is 3.82. The number of carbonyl (C=O) groups excluding carboxylic acids is 1. The summed E-state index contributed by atoms with van der Waals surface area (Å²) in [7, 11) is 0. The Morgan fingerprint density at radius 1 is 1.29 bits per heavy atom. The van der Waals surface area contributed by atoms with E-state index in [4.69, 9.17) is 0 Å². The van der Waals surface area contributed by atoms with Gasteiger partial charge in [-0.25, -0.2) is 0 Å². The van der Waals surface area contributed by atoms with Gasteiger partial charge in [-0.1, -0.05) is 32.0 Å². The Morgan fingerprint density at radius 3 is 2.65 bits per heavy atom. The Bertz CT molecular complexity index is 481. The van der Waals surface area contributed by atoms with Crippen molar-refractivity contribution in [2.75, 3.05) is 0 Å². The van der Waals surface area contributed by atoms with Crippen LogP contribution in [-0.4, -0.2) is 11.9 Å². The summed E-state index contributed by atoms with van der Waals surface area (Å²) >= 11 is 1.56. The molecule has 3 heteroatoms. The lowest BCUT2D eigenvalue weighted by atomic mass is 10.1. The molecule has 0 aliphatic carbocycles. The van der Waals surface area contributed by atoms with Crippen molar-refractivity contribution in [1.82, 2.24) is 5.32 Å². The number of nitrogens with one attached hydrogen (secondary N) is 1. The first-order chi connectivity index (χ1) is 8.24. The number of benzene rings is 1. The second kappa shape index (κ2) is 5.32. The van der Waals surface area contributed by atoms with E-state index in [1.807, 2.05) is 30.3 Å². The summed E-state index contributed by atoms with van der Waals surface area (Å²) in [5, 5.41) is 4.21. The molecule has 0 bridgehead atoms. The highest BCUT2D eigenvalue weighted by Gasteiger charge is 2.13. The molecule has 2 aromatic rings. The fourth-order valence-electron chi connectivity index (χ4n) is 1.84. The van der Waals surface area contributed by atoms with Crippen molar-refractivity contribution in [2.24, 2.45) is 0 Å². The van der Waals surface area contributed by atoms with Gasteiger partial charge in [0.1, 0.15) is 0 Å². The van der Waals surface area contributed by atoms with Crippen LogP contribution in [0.1, 0.15) is 36.4 Å². The first-order valence-electron chi connectivity index (χ1n) is 6.04. The van der Waals surface area contributed by atoms with Gasteiger partial charge in [0, 0.05) is 10.7 Å². The molecule has 0 aliphatic heterocycles. The molecular weight excluding hydrogens is 230 g/mol. The molecule has 0 atom stereocenters. The van der Waals surface area contributed by atoms with Crippen LogP contribution in [0.4, 0.5) is 0 Å². The van der Waals surface area contributed by atoms with Crippen molar-refractivity contribution in [3.8, 4) is 0 Å². The summed E-state index contributed by atoms with van der Waals surface area (Å²) in [5.74, 6) is 0.0555. The van der Waals surface area contributed by atoms with Gasteiger partial charge in [-0.2, -0.15) is 0 Å². The Labute approximate surface area is 106 Å². The molecule has 0 radical (unpaired) electrons. The Morgan fingerprint density at radius 2 is 2.00 bits per heavy atom. The van der Waals surface area contributed by atoms with Crippen molar-refractivity contribution in [1.29, 1.82) is 0 Å². The second-order valence-corrected chi connectivity index (χ2v) is 5.22. The normalized spacial score (nSPS) is 11.0. The SMILES string of the molecule is CCC(CC)NC(=O)c1cc2ccccc2s1. The van der Waals surface area contributed by atoms with Crippen LogP contribution in [0, 0.1) is 0 Å². The van der Waals surface area contributed by atoms with Gasteiger partial charge < -0.3 is 5.32 Å². The molecule has 17 heavy (non-hydrogen) atoms. The molecule has 0 aliphatic rings. The molecule has 0 saturated carbocycles. The highest BCUT2D eigenvalue weighted by molar-refractivity contribution is 7.20. The summed E-state index contributed by atoms with van der Waals surface area (Å²) in [4.78, 5) is 12.8. The van der Waals surface area contributed by atoms with Crippen LogP contribution in [0.15, 0.2) is 30.3 Å². The number of thiophene rings is 1. The van der Waals surface area contributed by atoms with Crippen molar-refractivity contribution in [2.45, 2.75) is 32.7 Å². The van der Waals surface area contributed by atoms with Gasteiger partial charge in [0.15, 0.2) is 0 Å². The average molecular weight is 247 g/mol. The maximum Gasteiger partial charge on any atom is 0.261 e. The highest BCUT2D eigenvalue weighted by atomic mass is 32.1. The topological polar surface area (TPSA) is 29.1 Å². The number of fused-ring (bicyclic) bond motifs is 1. The number of rotatable bonds is 4. The second-order valence-electron chi connectivity index (χ2n) is 4.14. The molecule has 1 amide bonds. The van der Waals surface area contributed by atoms with Crippen molar-refractivity contribution in [3.63, 3.8) is 0 Å². The molecule has 1 N–H and O–H groups in total. The smallest absolute Gasteiger partial charge is 0.261 e. The zero-order valence-electron chi connectivity index (χ0n) is 10.2. The number of hydrogen-bond donors (Lipinski definition) is 1. The van der Waals surface area contributed by atoms with Crippen molar-refractivity contribution >= 4 is 27.3 Å². The van der Waals surface area contributed by atoms with Gasteiger partial charge in [-0.05, 0) is 30.4 Å². The molecule has 1 aromatic heterocycles. The number of hydrogen-bond acceptors (Lipinski definition) is 2. The van der Waals surface area contributed by atoms with Crippen LogP contribution in [0.2, 0.25) is 0 Å². The molecule has 0 fully saturated rings. The van der Waals surface area contributed by atoms with E-state index in [0.29, 0.717) is 0 Å². The minimum Gasteiger partial charge on any atom is -0.349 e.